The lowest BCUT2D eigenvalue weighted by molar-refractivity contribution is -0.157. The SMILES string of the molecule is CC(C)C[C@@H]1C(=O)NC(C2Cc3ccccc3C2)C(=O)N1[C@@H](C(=O)NC(C)C)c1ccc(-c2ccccn2)s1. The minimum Gasteiger partial charge on any atom is -0.352 e. The number of pyridine rings is 1. The van der Waals surface area contributed by atoms with Gasteiger partial charge in [0.25, 0.3) is 0 Å². The highest BCUT2D eigenvalue weighted by molar-refractivity contribution is 7.15. The Morgan fingerprint density at radius 3 is 2.33 bits per heavy atom. The largest absolute Gasteiger partial charge is 0.352 e. The Balaban J connectivity index is 1.55. The monoisotopic (exact) mass is 544 g/mol. The molecule has 1 fully saturated rings. The van der Waals surface area contributed by atoms with Gasteiger partial charge in [-0.1, -0.05) is 44.2 Å². The molecule has 1 saturated heterocycles. The predicted octanol–water partition coefficient (Wildman–Crippen LogP) is 4.53. The number of fused-ring (bicyclic) bond motifs is 1. The highest BCUT2D eigenvalue weighted by Crippen LogP contribution is 2.38. The minimum atomic E-state index is -0.913. The molecule has 0 radical (unpaired) electrons. The average Bonchev–Trinajstić information content (AvgIpc) is 3.55. The van der Waals surface area contributed by atoms with Crippen LogP contribution in [0.3, 0.4) is 0 Å². The molecule has 2 aromatic heterocycles. The van der Waals surface area contributed by atoms with Crippen LogP contribution < -0.4 is 10.6 Å². The van der Waals surface area contributed by atoms with E-state index in [1.165, 1.54) is 22.5 Å². The Kier molecular flexibility index (Phi) is 7.84. The number of thiophene rings is 1. The maximum atomic E-state index is 14.4. The second-order valence-electron chi connectivity index (χ2n) is 11.3. The molecule has 0 spiro atoms. The van der Waals surface area contributed by atoms with Crippen molar-refractivity contribution in [3.63, 3.8) is 0 Å². The van der Waals surface area contributed by atoms with Crippen molar-refractivity contribution in [1.82, 2.24) is 20.5 Å². The molecule has 3 amide bonds. The van der Waals surface area contributed by atoms with Gasteiger partial charge in [0.2, 0.25) is 17.7 Å². The van der Waals surface area contributed by atoms with Gasteiger partial charge in [-0.2, -0.15) is 0 Å². The van der Waals surface area contributed by atoms with Crippen LogP contribution in [0.15, 0.2) is 60.8 Å². The number of hydrogen-bond acceptors (Lipinski definition) is 5. The summed E-state index contributed by atoms with van der Waals surface area (Å²) < 4.78 is 0. The summed E-state index contributed by atoms with van der Waals surface area (Å²) in [5, 5.41) is 6.10. The lowest BCUT2D eigenvalue weighted by Crippen LogP contribution is -2.67. The Morgan fingerprint density at radius 1 is 1.03 bits per heavy atom. The molecule has 0 bridgehead atoms. The van der Waals surface area contributed by atoms with Gasteiger partial charge in [-0.25, -0.2) is 0 Å². The van der Waals surface area contributed by atoms with Gasteiger partial charge in [-0.15, -0.1) is 11.3 Å². The smallest absolute Gasteiger partial charge is 0.248 e. The topological polar surface area (TPSA) is 91.4 Å². The first-order valence-corrected chi connectivity index (χ1v) is 14.6. The summed E-state index contributed by atoms with van der Waals surface area (Å²) in [7, 11) is 0. The van der Waals surface area contributed by atoms with Crippen LogP contribution in [0, 0.1) is 11.8 Å². The first-order chi connectivity index (χ1) is 18.7. The number of rotatable bonds is 8. The maximum absolute atomic E-state index is 14.4. The van der Waals surface area contributed by atoms with Crippen LogP contribution in [-0.4, -0.2) is 45.7 Å². The van der Waals surface area contributed by atoms with Gasteiger partial charge in [-0.05, 0) is 80.3 Å². The summed E-state index contributed by atoms with van der Waals surface area (Å²) in [6, 6.07) is 15.3. The molecule has 204 valence electrons. The number of nitrogens with one attached hydrogen (secondary N) is 2. The summed E-state index contributed by atoms with van der Waals surface area (Å²) in [5.74, 6) is -0.542. The van der Waals surface area contributed by atoms with Gasteiger partial charge in [-0.3, -0.25) is 19.4 Å². The van der Waals surface area contributed by atoms with Gasteiger partial charge < -0.3 is 15.5 Å². The molecule has 39 heavy (non-hydrogen) atoms. The van der Waals surface area contributed by atoms with Crippen LogP contribution in [-0.2, 0) is 27.2 Å². The van der Waals surface area contributed by atoms with Crippen molar-refractivity contribution in [2.45, 2.75) is 71.1 Å². The van der Waals surface area contributed by atoms with E-state index in [0.717, 1.165) is 28.3 Å². The van der Waals surface area contributed by atoms with Gasteiger partial charge in [0.05, 0.1) is 10.6 Å². The summed E-state index contributed by atoms with van der Waals surface area (Å²) >= 11 is 1.44. The maximum Gasteiger partial charge on any atom is 0.248 e. The van der Waals surface area contributed by atoms with Gasteiger partial charge in [0.1, 0.15) is 18.1 Å². The van der Waals surface area contributed by atoms with Crippen molar-refractivity contribution in [2.24, 2.45) is 11.8 Å². The Labute approximate surface area is 234 Å². The van der Waals surface area contributed by atoms with Crippen molar-refractivity contribution in [3.05, 3.63) is 76.8 Å². The number of hydrogen-bond donors (Lipinski definition) is 2. The average molecular weight is 545 g/mol. The molecule has 1 aromatic carbocycles. The molecule has 1 aliphatic carbocycles. The normalized spacial score (nSPS) is 20.3. The highest BCUT2D eigenvalue weighted by atomic mass is 32.1. The Bertz CT molecular complexity index is 1330. The van der Waals surface area contributed by atoms with Crippen LogP contribution in [0.2, 0.25) is 0 Å². The molecule has 1 unspecified atom stereocenters. The van der Waals surface area contributed by atoms with E-state index in [1.54, 1.807) is 11.1 Å². The lowest BCUT2D eigenvalue weighted by Gasteiger charge is -2.44. The molecule has 2 aliphatic rings. The first kappa shape index (κ1) is 27.1. The fraction of sp³-hybridized carbons (Fsp3) is 0.419. The molecule has 3 heterocycles. The van der Waals surface area contributed by atoms with Gasteiger partial charge >= 0.3 is 0 Å². The zero-order valence-corrected chi connectivity index (χ0v) is 23.7. The number of carbonyl (C=O) groups is 3. The van der Waals surface area contributed by atoms with Crippen molar-refractivity contribution in [3.8, 4) is 10.6 Å². The third kappa shape index (κ3) is 5.62. The fourth-order valence-electron chi connectivity index (χ4n) is 5.78. The minimum absolute atomic E-state index is 0.0532. The van der Waals surface area contributed by atoms with E-state index in [2.05, 4.69) is 27.8 Å². The van der Waals surface area contributed by atoms with Crippen molar-refractivity contribution in [2.75, 3.05) is 0 Å². The van der Waals surface area contributed by atoms with E-state index in [4.69, 9.17) is 0 Å². The molecular weight excluding hydrogens is 508 g/mol. The van der Waals surface area contributed by atoms with E-state index in [0.29, 0.717) is 6.42 Å². The lowest BCUT2D eigenvalue weighted by atomic mass is 9.88. The fourth-order valence-corrected chi connectivity index (χ4v) is 6.86. The summed E-state index contributed by atoms with van der Waals surface area (Å²) in [5.41, 5.74) is 3.24. The summed E-state index contributed by atoms with van der Waals surface area (Å²) in [6.45, 7) is 7.86. The van der Waals surface area contributed by atoms with E-state index >= 15 is 0 Å². The molecule has 0 saturated carbocycles. The molecule has 3 aromatic rings. The third-order valence-corrected chi connectivity index (χ3v) is 8.64. The second kappa shape index (κ2) is 11.3. The molecule has 3 atom stereocenters. The number of amides is 3. The Hall–Kier alpha value is -3.52. The number of benzene rings is 1. The number of nitrogens with zero attached hydrogens (tertiary/aromatic N) is 2. The van der Waals surface area contributed by atoms with Crippen molar-refractivity contribution >= 4 is 29.1 Å². The number of carbonyl (C=O) groups excluding carboxylic acids is 3. The molecule has 5 rings (SSSR count). The Morgan fingerprint density at radius 2 is 1.72 bits per heavy atom. The van der Waals surface area contributed by atoms with E-state index in [1.807, 2.05) is 70.2 Å². The zero-order chi connectivity index (χ0) is 27.7. The number of aromatic nitrogens is 1. The van der Waals surface area contributed by atoms with Crippen molar-refractivity contribution in [1.29, 1.82) is 0 Å². The third-order valence-electron chi connectivity index (χ3n) is 7.48. The molecule has 8 heteroatoms. The van der Waals surface area contributed by atoms with Crippen LogP contribution in [0.5, 0.6) is 0 Å². The van der Waals surface area contributed by atoms with Crippen LogP contribution >= 0.6 is 11.3 Å². The predicted molar refractivity (Wildman–Crippen MR) is 153 cm³/mol. The van der Waals surface area contributed by atoms with Crippen LogP contribution in [0.25, 0.3) is 10.6 Å². The number of piperazine rings is 1. The van der Waals surface area contributed by atoms with E-state index in [-0.39, 0.29) is 35.6 Å². The summed E-state index contributed by atoms with van der Waals surface area (Å²) in [6.07, 6.45) is 3.65. The molecular formula is C31H36N4O3S. The first-order valence-electron chi connectivity index (χ1n) is 13.7. The molecule has 2 N–H and O–H groups in total. The highest BCUT2D eigenvalue weighted by Gasteiger charge is 2.49. The molecule has 7 nitrogen and oxygen atoms in total. The quantitative estimate of drug-likeness (QED) is 0.436. The van der Waals surface area contributed by atoms with E-state index in [9.17, 15) is 14.4 Å². The zero-order valence-electron chi connectivity index (χ0n) is 22.9. The second-order valence-corrected chi connectivity index (χ2v) is 12.4. The van der Waals surface area contributed by atoms with Crippen molar-refractivity contribution < 1.29 is 14.4 Å². The molecule has 1 aliphatic heterocycles. The summed E-state index contributed by atoms with van der Waals surface area (Å²) in [4.78, 5) is 49.6. The van der Waals surface area contributed by atoms with Crippen LogP contribution in [0.4, 0.5) is 0 Å². The standard InChI is InChI=1S/C31H36N4O3S/c1-18(2)15-24-29(36)34-27(22-16-20-9-5-6-10-21(20)17-22)31(38)35(24)28(30(37)33-19(3)4)26-13-12-25(39-26)23-11-7-8-14-32-23/h5-14,18-19,22,24,27-28H,15-17H2,1-4H3,(H,33,37)(H,34,36)/t24-,27?,28-/m1/s1. The van der Waals surface area contributed by atoms with Crippen LogP contribution in [0.1, 0.15) is 56.2 Å². The van der Waals surface area contributed by atoms with Gasteiger partial charge in [0, 0.05) is 17.1 Å². The van der Waals surface area contributed by atoms with E-state index < -0.39 is 18.1 Å². The van der Waals surface area contributed by atoms with Gasteiger partial charge in [0.15, 0.2) is 0 Å².